The standard InChI is InChI=1S/C14H17ClN6O/c15-12-2-3-13(11(8-12)9-19-20-14(16)17)22-7-1-5-21-6-4-18-10-21/h2-4,6,8-10H,1,5,7H2,(H4,16,17,20). The molecule has 22 heavy (non-hydrogen) atoms. The number of aromatic nitrogens is 2. The second-order valence-electron chi connectivity index (χ2n) is 4.45. The fourth-order valence-corrected chi connectivity index (χ4v) is 1.94. The van der Waals surface area contributed by atoms with Gasteiger partial charge in [0.05, 0.1) is 19.1 Å². The number of aryl methyl sites for hydroxylation is 1. The maximum absolute atomic E-state index is 5.97. The summed E-state index contributed by atoms with van der Waals surface area (Å²) in [5.74, 6) is 0.561. The summed E-state index contributed by atoms with van der Waals surface area (Å²) >= 11 is 5.97. The number of guanidine groups is 1. The van der Waals surface area contributed by atoms with Crippen LogP contribution in [0.3, 0.4) is 0 Å². The van der Waals surface area contributed by atoms with Crippen molar-refractivity contribution in [3.8, 4) is 5.75 Å². The summed E-state index contributed by atoms with van der Waals surface area (Å²) in [5.41, 5.74) is 11.1. The number of imidazole rings is 1. The van der Waals surface area contributed by atoms with Gasteiger partial charge >= 0.3 is 0 Å². The van der Waals surface area contributed by atoms with E-state index in [1.54, 1.807) is 30.7 Å². The van der Waals surface area contributed by atoms with E-state index in [0.29, 0.717) is 22.9 Å². The van der Waals surface area contributed by atoms with Gasteiger partial charge in [-0.1, -0.05) is 11.6 Å². The Bertz CT molecular complexity index is 649. The zero-order chi connectivity index (χ0) is 15.8. The van der Waals surface area contributed by atoms with Gasteiger partial charge in [0.2, 0.25) is 5.96 Å². The highest BCUT2D eigenvalue weighted by Gasteiger charge is 2.03. The highest BCUT2D eigenvalue weighted by molar-refractivity contribution is 6.30. The average Bonchev–Trinajstić information content (AvgIpc) is 2.98. The van der Waals surface area contributed by atoms with Crippen LogP contribution in [-0.4, -0.2) is 28.3 Å². The molecule has 8 heteroatoms. The number of nitrogens with zero attached hydrogens (tertiary/aromatic N) is 4. The molecule has 1 aromatic carbocycles. The number of nitrogens with two attached hydrogens (primary N) is 2. The highest BCUT2D eigenvalue weighted by atomic mass is 35.5. The predicted molar refractivity (Wildman–Crippen MR) is 87.2 cm³/mol. The molecule has 0 fully saturated rings. The van der Waals surface area contributed by atoms with Crippen molar-refractivity contribution < 1.29 is 4.74 Å². The molecule has 4 N–H and O–H groups in total. The molecule has 0 aliphatic rings. The topological polar surface area (TPSA) is 104 Å². The first-order valence-electron chi connectivity index (χ1n) is 6.65. The SMILES string of the molecule is NC(N)=NN=Cc1cc(Cl)ccc1OCCCn1ccnc1. The molecule has 0 unspecified atom stereocenters. The van der Waals surface area contributed by atoms with Crippen molar-refractivity contribution >= 4 is 23.8 Å². The third-order valence-corrected chi connectivity index (χ3v) is 2.95. The molecule has 1 heterocycles. The molecule has 0 spiro atoms. The first kappa shape index (κ1) is 15.8. The van der Waals surface area contributed by atoms with E-state index in [1.807, 2.05) is 10.8 Å². The Labute approximate surface area is 133 Å². The van der Waals surface area contributed by atoms with Crippen LogP contribution in [0.25, 0.3) is 0 Å². The van der Waals surface area contributed by atoms with E-state index in [1.165, 1.54) is 6.21 Å². The molecule has 2 rings (SSSR count). The Hall–Kier alpha value is -2.54. The van der Waals surface area contributed by atoms with Crippen LogP contribution in [0, 0.1) is 0 Å². The monoisotopic (exact) mass is 320 g/mol. The fourth-order valence-electron chi connectivity index (χ4n) is 1.76. The van der Waals surface area contributed by atoms with Crippen molar-refractivity contribution in [1.29, 1.82) is 0 Å². The van der Waals surface area contributed by atoms with E-state index in [9.17, 15) is 0 Å². The normalized spacial score (nSPS) is 10.8. The number of hydrogen-bond donors (Lipinski definition) is 2. The van der Waals surface area contributed by atoms with Gasteiger partial charge < -0.3 is 20.8 Å². The van der Waals surface area contributed by atoms with Gasteiger partial charge in [0.25, 0.3) is 0 Å². The van der Waals surface area contributed by atoms with Crippen molar-refractivity contribution in [2.45, 2.75) is 13.0 Å². The lowest BCUT2D eigenvalue weighted by Crippen LogP contribution is -2.21. The summed E-state index contributed by atoms with van der Waals surface area (Å²) in [5, 5.41) is 7.91. The van der Waals surface area contributed by atoms with Gasteiger partial charge in [0.1, 0.15) is 5.75 Å². The first-order valence-corrected chi connectivity index (χ1v) is 7.03. The Morgan fingerprint density at radius 1 is 1.41 bits per heavy atom. The van der Waals surface area contributed by atoms with Gasteiger partial charge in [0, 0.05) is 29.5 Å². The zero-order valence-electron chi connectivity index (χ0n) is 11.9. The fraction of sp³-hybridized carbons (Fsp3) is 0.214. The molecule has 116 valence electrons. The first-order chi connectivity index (χ1) is 10.6. The largest absolute Gasteiger partial charge is 0.493 e. The van der Waals surface area contributed by atoms with Crippen molar-refractivity contribution in [2.75, 3.05) is 6.61 Å². The van der Waals surface area contributed by atoms with Crippen LogP contribution in [0.15, 0.2) is 47.1 Å². The van der Waals surface area contributed by atoms with E-state index < -0.39 is 0 Å². The molecule has 1 aromatic heterocycles. The molecule has 0 saturated heterocycles. The maximum atomic E-state index is 5.97. The Balaban J connectivity index is 1.94. The lowest BCUT2D eigenvalue weighted by Gasteiger charge is -2.09. The van der Waals surface area contributed by atoms with Crippen LogP contribution >= 0.6 is 11.6 Å². The third-order valence-electron chi connectivity index (χ3n) is 2.72. The number of rotatable bonds is 7. The molecule has 0 saturated carbocycles. The second kappa shape index (κ2) is 8.04. The van der Waals surface area contributed by atoms with Gasteiger partial charge in [-0.25, -0.2) is 4.98 Å². The molecule has 0 atom stereocenters. The summed E-state index contributed by atoms with van der Waals surface area (Å²) in [4.78, 5) is 3.99. The van der Waals surface area contributed by atoms with E-state index in [2.05, 4.69) is 15.2 Å². The minimum Gasteiger partial charge on any atom is -0.493 e. The zero-order valence-corrected chi connectivity index (χ0v) is 12.6. The molecule has 0 amide bonds. The van der Waals surface area contributed by atoms with Crippen LogP contribution in [0.5, 0.6) is 5.75 Å². The molecule has 0 radical (unpaired) electrons. The van der Waals surface area contributed by atoms with Crippen molar-refractivity contribution in [3.05, 3.63) is 47.5 Å². The van der Waals surface area contributed by atoms with Gasteiger partial charge in [0.15, 0.2) is 0 Å². The van der Waals surface area contributed by atoms with Gasteiger partial charge in [-0.2, -0.15) is 5.10 Å². The van der Waals surface area contributed by atoms with E-state index >= 15 is 0 Å². The Morgan fingerprint density at radius 3 is 3.00 bits per heavy atom. The number of halogens is 1. The van der Waals surface area contributed by atoms with E-state index in [0.717, 1.165) is 13.0 Å². The lowest BCUT2D eigenvalue weighted by molar-refractivity contribution is 0.301. The molecule has 2 aromatic rings. The van der Waals surface area contributed by atoms with Gasteiger partial charge in [-0.3, -0.25) is 0 Å². The molecule has 0 bridgehead atoms. The van der Waals surface area contributed by atoms with Crippen LogP contribution < -0.4 is 16.2 Å². The van der Waals surface area contributed by atoms with Crippen LogP contribution in [0.4, 0.5) is 0 Å². The van der Waals surface area contributed by atoms with Crippen molar-refractivity contribution in [1.82, 2.24) is 9.55 Å². The molecule has 7 nitrogen and oxygen atoms in total. The number of ether oxygens (including phenoxy) is 1. The second-order valence-corrected chi connectivity index (χ2v) is 4.89. The van der Waals surface area contributed by atoms with Crippen molar-refractivity contribution in [3.63, 3.8) is 0 Å². The van der Waals surface area contributed by atoms with Crippen molar-refractivity contribution in [2.24, 2.45) is 21.7 Å². The molecule has 0 aliphatic heterocycles. The quantitative estimate of drug-likeness (QED) is 0.350. The molecule has 0 aliphatic carbocycles. The molecular formula is C14H17ClN6O. The minimum absolute atomic E-state index is 0.110. The minimum atomic E-state index is -0.110. The highest BCUT2D eigenvalue weighted by Crippen LogP contribution is 2.21. The predicted octanol–water partition coefficient (Wildman–Crippen LogP) is 1.61. The van der Waals surface area contributed by atoms with E-state index in [-0.39, 0.29) is 5.96 Å². The molecular weight excluding hydrogens is 304 g/mol. The van der Waals surface area contributed by atoms with Gasteiger partial charge in [-0.15, -0.1) is 5.10 Å². The van der Waals surface area contributed by atoms with Crippen LogP contribution in [0.2, 0.25) is 5.02 Å². The Kier molecular flexibility index (Phi) is 5.79. The summed E-state index contributed by atoms with van der Waals surface area (Å²) < 4.78 is 7.75. The average molecular weight is 321 g/mol. The Morgan fingerprint density at radius 2 is 2.27 bits per heavy atom. The smallest absolute Gasteiger partial charge is 0.211 e. The number of hydrogen-bond acceptors (Lipinski definition) is 4. The summed E-state index contributed by atoms with van der Waals surface area (Å²) in [6, 6.07) is 5.28. The third kappa shape index (κ3) is 5.10. The number of benzene rings is 1. The van der Waals surface area contributed by atoms with Crippen LogP contribution in [0.1, 0.15) is 12.0 Å². The van der Waals surface area contributed by atoms with E-state index in [4.69, 9.17) is 27.8 Å². The summed E-state index contributed by atoms with van der Waals surface area (Å²) in [7, 11) is 0. The summed E-state index contributed by atoms with van der Waals surface area (Å²) in [6.07, 6.45) is 7.78. The maximum Gasteiger partial charge on any atom is 0.211 e. The van der Waals surface area contributed by atoms with Crippen LogP contribution in [-0.2, 0) is 6.54 Å². The lowest BCUT2D eigenvalue weighted by atomic mass is 10.2. The summed E-state index contributed by atoms with van der Waals surface area (Å²) in [6.45, 7) is 1.40. The van der Waals surface area contributed by atoms with Gasteiger partial charge in [-0.05, 0) is 24.6 Å².